The molecule has 0 aromatic carbocycles. The van der Waals surface area contributed by atoms with Gasteiger partial charge in [0.1, 0.15) is 13.2 Å². The van der Waals surface area contributed by atoms with Crippen molar-refractivity contribution >= 4 is 17.9 Å². The molecule has 0 radical (unpaired) electrons. The molecule has 0 aliphatic carbocycles. The molecule has 0 aromatic rings. The molecule has 6 nitrogen and oxygen atoms in total. The third-order valence-electron chi connectivity index (χ3n) is 9.46. The molecular weight excluding hydrogens is 757 g/mol. The van der Waals surface area contributed by atoms with Crippen LogP contribution in [0.2, 0.25) is 0 Å². The highest BCUT2D eigenvalue weighted by Gasteiger charge is 2.19. The summed E-state index contributed by atoms with van der Waals surface area (Å²) in [4.78, 5) is 37.8. The Kier molecular flexibility index (Phi) is 45.1. The van der Waals surface area contributed by atoms with Gasteiger partial charge in [0, 0.05) is 19.3 Å². The van der Waals surface area contributed by atoms with E-state index in [0.29, 0.717) is 12.8 Å². The van der Waals surface area contributed by atoms with Crippen LogP contribution in [0, 0.1) is 0 Å². The van der Waals surface area contributed by atoms with Crippen LogP contribution in [0.3, 0.4) is 0 Å². The summed E-state index contributed by atoms with van der Waals surface area (Å²) in [5, 5.41) is 0. The number of carbonyl (C=O) groups is 3. The molecule has 342 valence electrons. The van der Waals surface area contributed by atoms with Gasteiger partial charge < -0.3 is 14.2 Å². The summed E-state index contributed by atoms with van der Waals surface area (Å²) in [6.07, 6.45) is 66.3. The minimum absolute atomic E-state index is 0.144. The minimum Gasteiger partial charge on any atom is -0.462 e. The van der Waals surface area contributed by atoms with E-state index in [0.717, 1.165) is 96.3 Å². The zero-order chi connectivity index (χ0) is 44.4. The van der Waals surface area contributed by atoms with Gasteiger partial charge in [0.2, 0.25) is 0 Å². The second kappa shape index (κ2) is 48.5. The van der Waals surface area contributed by atoms with Crippen molar-refractivity contribution in [2.75, 3.05) is 13.2 Å². The predicted molar refractivity (Wildman–Crippen MR) is 260 cm³/mol. The summed E-state index contributed by atoms with van der Waals surface area (Å²) in [6.45, 7) is 6.23. The van der Waals surface area contributed by atoms with E-state index in [4.69, 9.17) is 14.2 Å². The van der Waals surface area contributed by atoms with Crippen LogP contribution in [0.5, 0.6) is 0 Å². The molecular formula is C55H86O6. The molecule has 0 fully saturated rings. The van der Waals surface area contributed by atoms with Gasteiger partial charge in [-0.3, -0.25) is 14.4 Å². The molecule has 0 N–H and O–H groups in total. The van der Waals surface area contributed by atoms with Gasteiger partial charge in [0.25, 0.3) is 0 Å². The Bertz CT molecular complexity index is 1340. The maximum absolute atomic E-state index is 12.7. The average molecular weight is 843 g/mol. The molecule has 1 atom stereocenters. The maximum atomic E-state index is 12.7. The van der Waals surface area contributed by atoms with Gasteiger partial charge in [-0.1, -0.05) is 187 Å². The number of ether oxygens (including phenoxy) is 3. The fourth-order valence-corrected chi connectivity index (χ4v) is 5.91. The zero-order valence-corrected chi connectivity index (χ0v) is 38.9. The molecule has 0 saturated carbocycles. The molecule has 6 heteroatoms. The highest BCUT2D eigenvalue weighted by Crippen LogP contribution is 2.11. The summed E-state index contributed by atoms with van der Waals surface area (Å²) in [7, 11) is 0. The minimum atomic E-state index is -0.844. The van der Waals surface area contributed by atoms with Crippen molar-refractivity contribution < 1.29 is 28.6 Å². The molecule has 0 heterocycles. The van der Waals surface area contributed by atoms with Crippen molar-refractivity contribution in [2.45, 2.75) is 194 Å². The van der Waals surface area contributed by atoms with Crippen LogP contribution in [0.25, 0.3) is 0 Å². The van der Waals surface area contributed by atoms with E-state index in [1.165, 1.54) is 38.5 Å². The van der Waals surface area contributed by atoms with E-state index in [-0.39, 0.29) is 50.4 Å². The van der Waals surface area contributed by atoms with E-state index in [1.807, 2.05) is 18.2 Å². The van der Waals surface area contributed by atoms with Crippen molar-refractivity contribution in [3.8, 4) is 0 Å². The largest absolute Gasteiger partial charge is 0.462 e. The lowest BCUT2D eigenvalue weighted by Crippen LogP contribution is -2.30. The monoisotopic (exact) mass is 843 g/mol. The van der Waals surface area contributed by atoms with Crippen molar-refractivity contribution in [3.05, 3.63) is 122 Å². The molecule has 61 heavy (non-hydrogen) atoms. The molecule has 0 bridgehead atoms. The van der Waals surface area contributed by atoms with Gasteiger partial charge in [-0.05, 0) is 103 Å². The first kappa shape index (κ1) is 56.8. The molecule has 0 spiro atoms. The summed E-state index contributed by atoms with van der Waals surface area (Å²) in [5.74, 6) is -1.12. The number of hydrogen-bond donors (Lipinski definition) is 0. The van der Waals surface area contributed by atoms with E-state index in [9.17, 15) is 14.4 Å². The van der Waals surface area contributed by atoms with Crippen molar-refractivity contribution in [1.82, 2.24) is 0 Å². The molecule has 0 aliphatic heterocycles. The van der Waals surface area contributed by atoms with Crippen LogP contribution >= 0.6 is 0 Å². The van der Waals surface area contributed by atoms with Gasteiger partial charge in [-0.2, -0.15) is 0 Å². The highest BCUT2D eigenvalue weighted by molar-refractivity contribution is 5.71. The number of allylic oxidation sites excluding steroid dienone is 20. The number of esters is 3. The Labute approximate surface area is 373 Å². The predicted octanol–water partition coefficient (Wildman–Crippen LogP) is 15.7. The SMILES string of the molecule is CC/C=C/C/C=C/C/C=C/C/C=C/C/C=C/CCC(=O)OCC(COC(=O)CC/C=C/C/C=C/CCCCCCCC)OC(=O)CCCCCC/C=C/C/C=C/C/C=C/CC. The Balaban J connectivity index is 4.63. The van der Waals surface area contributed by atoms with Crippen LogP contribution in [0.4, 0.5) is 0 Å². The summed E-state index contributed by atoms with van der Waals surface area (Å²) < 4.78 is 16.6. The number of rotatable bonds is 41. The first-order valence-electron chi connectivity index (χ1n) is 24.0. The molecule has 0 aromatic heterocycles. The Morgan fingerprint density at radius 2 is 0.672 bits per heavy atom. The molecule has 0 saturated heterocycles. The average Bonchev–Trinajstić information content (AvgIpc) is 3.26. The summed E-state index contributed by atoms with van der Waals surface area (Å²) in [6, 6.07) is 0. The Morgan fingerprint density at radius 1 is 0.344 bits per heavy atom. The van der Waals surface area contributed by atoms with Gasteiger partial charge >= 0.3 is 17.9 Å². The topological polar surface area (TPSA) is 78.9 Å². The Morgan fingerprint density at radius 3 is 1.07 bits per heavy atom. The first-order valence-corrected chi connectivity index (χ1v) is 24.0. The van der Waals surface area contributed by atoms with Gasteiger partial charge in [0.15, 0.2) is 6.10 Å². The van der Waals surface area contributed by atoms with Crippen LogP contribution in [0.1, 0.15) is 188 Å². The number of hydrogen-bond acceptors (Lipinski definition) is 6. The maximum Gasteiger partial charge on any atom is 0.306 e. The van der Waals surface area contributed by atoms with Crippen LogP contribution in [0.15, 0.2) is 122 Å². The molecule has 1 unspecified atom stereocenters. The fourth-order valence-electron chi connectivity index (χ4n) is 5.91. The van der Waals surface area contributed by atoms with E-state index >= 15 is 0 Å². The Hall–Kier alpha value is -4.19. The zero-order valence-electron chi connectivity index (χ0n) is 38.9. The van der Waals surface area contributed by atoms with E-state index in [2.05, 4.69) is 124 Å². The lowest BCUT2D eigenvalue weighted by molar-refractivity contribution is -0.166. The smallest absolute Gasteiger partial charge is 0.306 e. The second-order valence-corrected chi connectivity index (χ2v) is 15.2. The molecule has 0 aliphatic rings. The third kappa shape index (κ3) is 46.7. The van der Waals surface area contributed by atoms with E-state index < -0.39 is 6.10 Å². The van der Waals surface area contributed by atoms with Crippen molar-refractivity contribution in [3.63, 3.8) is 0 Å². The van der Waals surface area contributed by atoms with Crippen LogP contribution in [-0.4, -0.2) is 37.2 Å². The quantitative estimate of drug-likeness (QED) is 0.0264. The lowest BCUT2D eigenvalue weighted by atomic mass is 10.1. The molecule has 0 amide bonds. The number of carbonyl (C=O) groups excluding carboxylic acids is 3. The normalized spacial score (nSPS) is 13.2. The molecule has 0 rings (SSSR count). The van der Waals surface area contributed by atoms with Crippen molar-refractivity contribution in [1.29, 1.82) is 0 Å². The standard InChI is InChI=1S/C55H86O6/c1-4-7-10-13-16-19-22-25-27-28-31-33-36-39-42-45-48-54(57)60-51-52(50-59-53(56)47-44-41-38-35-32-29-24-21-18-15-12-9-6-3)61-55(58)49-46-43-40-37-34-30-26-23-20-17-14-11-8-5-2/h7-8,10-11,16-17,19-20,25-27,29-33,38-39,41-42,52H,4-6,9,12-15,18,21-24,28,34-37,40,43-51H2,1-3H3/b10-7+,11-8+,19-16+,20-17+,27-25+,30-26+,32-29+,33-31+,41-38+,42-39+. The van der Waals surface area contributed by atoms with Gasteiger partial charge in [-0.15, -0.1) is 0 Å². The number of unbranched alkanes of at least 4 members (excludes halogenated alkanes) is 10. The van der Waals surface area contributed by atoms with E-state index in [1.54, 1.807) is 0 Å². The third-order valence-corrected chi connectivity index (χ3v) is 9.46. The second-order valence-electron chi connectivity index (χ2n) is 15.2. The van der Waals surface area contributed by atoms with Crippen molar-refractivity contribution in [2.24, 2.45) is 0 Å². The summed E-state index contributed by atoms with van der Waals surface area (Å²) in [5.41, 5.74) is 0. The van der Waals surface area contributed by atoms with Crippen LogP contribution in [-0.2, 0) is 28.6 Å². The highest BCUT2D eigenvalue weighted by atomic mass is 16.6. The first-order chi connectivity index (χ1) is 30.0. The van der Waals surface area contributed by atoms with Crippen LogP contribution < -0.4 is 0 Å². The fraction of sp³-hybridized carbons (Fsp3) is 0.582. The summed E-state index contributed by atoms with van der Waals surface area (Å²) >= 11 is 0. The van der Waals surface area contributed by atoms with Gasteiger partial charge in [0.05, 0.1) is 0 Å². The lowest BCUT2D eigenvalue weighted by Gasteiger charge is -2.18. The van der Waals surface area contributed by atoms with Gasteiger partial charge in [-0.25, -0.2) is 0 Å².